The second-order valence-corrected chi connectivity index (χ2v) is 7.29. The topological polar surface area (TPSA) is 81.2 Å². The monoisotopic (exact) mass is 286 g/mol. The van der Waals surface area contributed by atoms with Crippen LogP contribution in [0.15, 0.2) is 12.3 Å². The van der Waals surface area contributed by atoms with Gasteiger partial charge in [-0.2, -0.15) is 5.10 Å². The lowest BCUT2D eigenvalue weighted by molar-refractivity contribution is 0.219. The summed E-state index contributed by atoms with van der Waals surface area (Å²) < 4.78 is 24.5. The zero-order valence-electron chi connectivity index (χ0n) is 11.5. The van der Waals surface area contributed by atoms with E-state index in [9.17, 15) is 8.42 Å². The Morgan fingerprint density at radius 2 is 2.05 bits per heavy atom. The molecule has 2 N–H and O–H groups in total. The van der Waals surface area contributed by atoms with Crippen LogP contribution >= 0.6 is 0 Å². The lowest BCUT2D eigenvalue weighted by atomic mass is 10.1. The number of nitrogens with zero attached hydrogens (tertiary/aromatic N) is 3. The molecular formula is C12H22N4O2S. The molecule has 1 aromatic rings. The van der Waals surface area contributed by atoms with E-state index in [0.717, 1.165) is 25.3 Å². The molecule has 7 heteroatoms. The van der Waals surface area contributed by atoms with Crippen LogP contribution in [-0.2, 0) is 16.6 Å². The van der Waals surface area contributed by atoms with Gasteiger partial charge in [0.2, 0.25) is 10.0 Å². The minimum Gasteiger partial charge on any atom is -0.297 e. The summed E-state index contributed by atoms with van der Waals surface area (Å²) in [5, 5.41) is 9.31. The summed E-state index contributed by atoms with van der Waals surface area (Å²) in [6.45, 7) is 6.48. The van der Waals surface area contributed by atoms with E-state index < -0.39 is 10.0 Å². The van der Waals surface area contributed by atoms with Crippen molar-refractivity contribution in [2.24, 2.45) is 5.14 Å². The molecule has 0 atom stereocenters. The van der Waals surface area contributed by atoms with Gasteiger partial charge in [-0.05, 0) is 45.8 Å². The highest BCUT2D eigenvalue weighted by Gasteiger charge is 2.27. The predicted molar refractivity (Wildman–Crippen MR) is 74.0 cm³/mol. The van der Waals surface area contributed by atoms with Crippen LogP contribution < -0.4 is 5.14 Å². The molecule has 1 aliphatic heterocycles. The first kappa shape index (κ1) is 14.5. The average Bonchev–Trinajstić information content (AvgIpc) is 2.77. The SMILES string of the molecule is CC(C)n1ccc(CN2CCC(S(N)(=O)=O)CC2)n1. The van der Waals surface area contributed by atoms with Crippen molar-refractivity contribution in [2.75, 3.05) is 13.1 Å². The number of hydrogen-bond acceptors (Lipinski definition) is 4. The molecule has 6 nitrogen and oxygen atoms in total. The third kappa shape index (κ3) is 3.77. The molecule has 1 aromatic heterocycles. The molecule has 1 saturated heterocycles. The van der Waals surface area contributed by atoms with Crippen LogP contribution in [0.1, 0.15) is 38.4 Å². The van der Waals surface area contributed by atoms with E-state index >= 15 is 0 Å². The Morgan fingerprint density at radius 3 is 2.53 bits per heavy atom. The number of likely N-dealkylation sites (tertiary alicyclic amines) is 1. The van der Waals surface area contributed by atoms with Crippen LogP contribution in [0.3, 0.4) is 0 Å². The van der Waals surface area contributed by atoms with Crippen LogP contribution in [0.5, 0.6) is 0 Å². The Hall–Kier alpha value is -0.920. The van der Waals surface area contributed by atoms with Crippen LogP contribution in [0.25, 0.3) is 0 Å². The zero-order chi connectivity index (χ0) is 14.0. The fourth-order valence-electron chi connectivity index (χ4n) is 2.37. The smallest absolute Gasteiger partial charge is 0.212 e. The van der Waals surface area contributed by atoms with Gasteiger partial charge in [0.15, 0.2) is 0 Å². The second-order valence-electron chi connectivity index (χ2n) is 5.45. The van der Waals surface area contributed by atoms with Gasteiger partial charge in [-0.25, -0.2) is 13.6 Å². The summed E-state index contributed by atoms with van der Waals surface area (Å²) in [6.07, 6.45) is 3.21. The Labute approximate surface area is 114 Å². The van der Waals surface area contributed by atoms with E-state index in [0.29, 0.717) is 18.9 Å². The summed E-state index contributed by atoms with van der Waals surface area (Å²) in [4.78, 5) is 2.23. The Morgan fingerprint density at radius 1 is 1.42 bits per heavy atom. The first-order valence-corrected chi connectivity index (χ1v) is 8.25. The molecule has 0 radical (unpaired) electrons. The first-order chi connectivity index (χ1) is 8.86. The van der Waals surface area contributed by atoms with E-state index in [2.05, 4.69) is 23.8 Å². The van der Waals surface area contributed by atoms with Crippen molar-refractivity contribution in [3.63, 3.8) is 0 Å². The molecule has 0 amide bonds. The highest BCUT2D eigenvalue weighted by Crippen LogP contribution is 2.17. The van der Waals surface area contributed by atoms with Crippen molar-refractivity contribution < 1.29 is 8.42 Å². The maximum atomic E-state index is 11.3. The van der Waals surface area contributed by atoms with Crippen LogP contribution in [0.2, 0.25) is 0 Å². The minimum atomic E-state index is -3.38. The van der Waals surface area contributed by atoms with Gasteiger partial charge in [-0.1, -0.05) is 0 Å². The average molecular weight is 286 g/mol. The number of piperidine rings is 1. The van der Waals surface area contributed by atoms with E-state index in [1.165, 1.54) is 0 Å². The van der Waals surface area contributed by atoms with Crippen molar-refractivity contribution >= 4 is 10.0 Å². The molecule has 0 aromatic carbocycles. The molecule has 0 bridgehead atoms. The first-order valence-electron chi connectivity index (χ1n) is 6.64. The molecule has 1 aliphatic rings. The lowest BCUT2D eigenvalue weighted by Gasteiger charge is -2.30. The van der Waals surface area contributed by atoms with Crippen LogP contribution in [0.4, 0.5) is 0 Å². The number of hydrogen-bond donors (Lipinski definition) is 1. The molecule has 0 saturated carbocycles. The van der Waals surface area contributed by atoms with Crippen molar-refractivity contribution in [1.82, 2.24) is 14.7 Å². The molecule has 19 heavy (non-hydrogen) atoms. The highest BCUT2D eigenvalue weighted by atomic mass is 32.2. The third-order valence-electron chi connectivity index (χ3n) is 3.58. The van der Waals surface area contributed by atoms with E-state index in [1.54, 1.807) is 0 Å². The fraction of sp³-hybridized carbons (Fsp3) is 0.750. The zero-order valence-corrected chi connectivity index (χ0v) is 12.3. The van der Waals surface area contributed by atoms with Gasteiger partial charge in [0.25, 0.3) is 0 Å². The molecule has 1 fully saturated rings. The van der Waals surface area contributed by atoms with Crippen molar-refractivity contribution in [1.29, 1.82) is 0 Å². The number of aromatic nitrogens is 2. The Kier molecular flexibility index (Phi) is 4.27. The number of primary sulfonamides is 1. The number of rotatable bonds is 4. The quantitative estimate of drug-likeness (QED) is 0.884. The highest BCUT2D eigenvalue weighted by molar-refractivity contribution is 7.89. The van der Waals surface area contributed by atoms with E-state index in [4.69, 9.17) is 5.14 Å². The molecule has 2 heterocycles. The Bertz CT molecular complexity index is 516. The molecule has 0 unspecified atom stereocenters. The Balaban J connectivity index is 1.88. The largest absolute Gasteiger partial charge is 0.297 e. The number of sulfonamides is 1. The summed E-state index contributed by atoms with van der Waals surface area (Å²) in [7, 11) is -3.38. The van der Waals surface area contributed by atoms with Gasteiger partial charge < -0.3 is 0 Å². The van der Waals surface area contributed by atoms with E-state index in [1.807, 2.05) is 16.9 Å². The maximum absolute atomic E-state index is 11.3. The standard InChI is InChI=1S/C12H22N4O2S/c1-10(2)16-8-3-11(14-16)9-15-6-4-12(5-7-15)19(13,17)18/h3,8,10,12H,4-7,9H2,1-2H3,(H2,13,17,18). The molecule has 0 aliphatic carbocycles. The van der Waals surface area contributed by atoms with Crippen molar-refractivity contribution in [3.8, 4) is 0 Å². The molecule has 108 valence electrons. The fourth-order valence-corrected chi connectivity index (χ4v) is 3.24. The molecule has 2 rings (SSSR count). The van der Waals surface area contributed by atoms with Gasteiger partial charge in [-0.15, -0.1) is 0 Å². The van der Waals surface area contributed by atoms with Crippen molar-refractivity contribution in [2.45, 2.75) is 44.5 Å². The summed E-state index contributed by atoms with van der Waals surface area (Å²) in [5.41, 5.74) is 1.03. The van der Waals surface area contributed by atoms with Gasteiger partial charge >= 0.3 is 0 Å². The predicted octanol–water partition coefficient (Wildman–Crippen LogP) is 0.717. The van der Waals surface area contributed by atoms with Gasteiger partial charge in [0.1, 0.15) is 0 Å². The van der Waals surface area contributed by atoms with Crippen LogP contribution in [-0.4, -0.2) is 41.4 Å². The van der Waals surface area contributed by atoms with Gasteiger partial charge in [0, 0.05) is 18.8 Å². The van der Waals surface area contributed by atoms with Gasteiger partial charge in [0.05, 0.1) is 10.9 Å². The van der Waals surface area contributed by atoms with Crippen LogP contribution in [0, 0.1) is 0 Å². The lowest BCUT2D eigenvalue weighted by Crippen LogP contribution is -2.41. The minimum absolute atomic E-state index is 0.363. The third-order valence-corrected chi connectivity index (χ3v) is 4.98. The van der Waals surface area contributed by atoms with E-state index in [-0.39, 0.29) is 5.25 Å². The molecule has 0 spiro atoms. The maximum Gasteiger partial charge on any atom is 0.212 e. The second kappa shape index (κ2) is 5.60. The summed E-state index contributed by atoms with van der Waals surface area (Å²) in [5.74, 6) is 0. The molecular weight excluding hydrogens is 264 g/mol. The summed E-state index contributed by atoms with van der Waals surface area (Å²) in [6, 6.07) is 2.38. The number of nitrogens with two attached hydrogens (primary N) is 1. The van der Waals surface area contributed by atoms with Gasteiger partial charge in [-0.3, -0.25) is 9.58 Å². The summed E-state index contributed by atoms with van der Waals surface area (Å²) >= 11 is 0. The normalized spacial score (nSPS) is 19.2. The van der Waals surface area contributed by atoms with Crippen molar-refractivity contribution in [3.05, 3.63) is 18.0 Å².